The molecule has 0 radical (unpaired) electrons. The number of hydrogen-bond acceptors (Lipinski definition) is 6. The molecule has 2 aliphatic heterocycles. The highest BCUT2D eigenvalue weighted by Crippen LogP contribution is 2.35. The SMILES string of the molecule is CCC1NC2C=CC=CC2N1c1ccc(C2=CC(c3ccc(C4N=C(c5ccccc5)N=C(c5ccccc5)N4)cc3)=CC(N)C2)cc1. The number of nitrogens with zero attached hydrogens (tertiary/aromatic N) is 3. The molecule has 4 aliphatic rings. The van der Waals surface area contributed by atoms with Crippen molar-refractivity contribution >= 4 is 28.5 Å². The maximum absolute atomic E-state index is 6.63. The minimum Gasteiger partial charge on any atom is -0.348 e. The molecule has 5 unspecified atom stereocenters. The average molecular weight is 629 g/mol. The molecule has 0 aromatic heterocycles. The molecule has 1 saturated heterocycles. The number of hydrogen-bond donors (Lipinski definition) is 3. The van der Waals surface area contributed by atoms with Gasteiger partial charge in [-0.15, -0.1) is 0 Å². The van der Waals surface area contributed by atoms with Crippen molar-refractivity contribution in [3.8, 4) is 0 Å². The minimum atomic E-state index is -0.261. The van der Waals surface area contributed by atoms with E-state index in [-0.39, 0.29) is 12.2 Å². The van der Waals surface area contributed by atoms with E-state index in [0.29, 0.717) is 18.2 Å². The lowest BCUT2D eigenvalue weighted by Gasteiger charge is -2.31. The second-order valence-corrected chi connectivity index (χ2v) is 12.8. The number of rotatable bonds is 7. The van der Waals surface area contributed by atoms with Gasteiger partial charge in [0.2, 0.25) is 0 Å². The fraction of sp³-hybridized carbons (Fsp3) is 0.190. The molecule has 238 valence electrons. The highest BCUT2D eigenvalue weighted by atomic mass is 15.4. The molecule has 0 spiro atoms. The van der Waals surface area contributed by atoms with E-state index in [9.17, 15) is 0 Å². The van der Waals surface area contributed by atoms with Gasteiger partial charge in [-0.05, 0) is 52.8 Å². The van der Waals surface area contributed by atoms with Crippen molar-refractivity contribution in [3.05, 3.63) is 173 Å². The summed E-state index contributed by atoms with van der Waals surface area (Å²) in [4.78, 5) is 12.4. The summed E-state index contributed by atoms with van der Waals surface area (Å²) in [6, 6.07) is 38.7. The average Bonchev–Trinajstić information content (AvgIpc) is 3.54. The summed E-state index contributed by atoms with van der Waals surface area (Å²) in [5.74, 6) is 1.54. The Labute approximate surface area is 282 Å². The number of aliphatic imine (C=N–C) groups is 2. The number of allylic oxidation sites excluding steroid dienone is 4. The third kappa shape index (κ3) is 5.97. The van der Waals surface area contributed by atoms with E-state index in [0.717, 1.165) is 52.3 Å². The Bertz CT molecular complexity index is 1950. The first kappa shape index (κ1) is 30.1. The van der Waals surface area contributed by atoms with E-state index in [1.54, 1.807) is 0 Å². The smallest absolute Gasteiger partial charge is 0.159 e. The Kier molecular flexibility index (Phi) is 8.18. The third-order valence-corrected chi connectivity index (χ3v) is 9.63. The normalized spacial score (nSPS) is 24.6. The maximum Gasteiger partial charge on any atom is 0.159 e. The van der Waals surface area contributed by atoms with Crippen LogP contribution in [-0.2, 0) is 0 Å². The van der Waals surface area contributed by atoms with Gasteiger partial charge in [-0.2, -0.15) is 0 Å². The van der Waals surface area contributed by atoms with Crippen LogP contribution in [0.1, 0.15) is 53.7 Å². The molecule has 1 fully saturated rings. The lowest BCUT2D eigenvalue weighted by atomic mass is 9.88. The van der Waals surface area contributed by atoms with Crippen LogP contribution in [0.15, 0.2) is 156 Å². The van der Waals surface area contributed by atoms with Crippen LogP contribution in [0.25, 0.3) is 11.1 Å². The van der Waals surface area contributed by atoms with E-state index in [4.69, 9.17) is 15.7 Å². The van der Waals surface area contributed by atoms with Gasteiger partial charge in [-0.3, -0.25) is 5.32 Å². The molecule has 4 N–H and O–H groups in total. The second kappa shape index (κ2) is 13.1. The minimum absolute atomic E-state index is 0.0470. The van der Waals surface area contributed by atoms with Crippen molar-refractivity contribution in [2.45, 2.75) is 50.2 Å². The van der Waals surface area contributed by atoms with Gasteiger partial charge in [0.15, 0.2) is 5.84 Å². The molecule has 4 aromatic rings. The number of nitrogens with two attached hydrogens (primary N) is 1. The fourth-order valence-corrected chi connectivity index (χ4v) is 7.20. The van der Waals surface area contributed by atoms with Crippen molar-refractivity contribution in [1.29, 1.82) is 0 Å². The largest absolute Gasteiger partial charge is 0.348 e. The van der Waals surface area contributed by atoms with Crippen LogP contribution < -0.4 is 21.3 Å². The number of anilines is 1. The van der Waals surface area contributed by atoms with Gasteiger partial charge >= 0.3 is 0 Å². The van der Waals surface area contributed by atoms with Gasteiger partial charge in [-0.25, -0.2) is 9.98 Å². The van der Waals surface area contributed by atoms with Gasteiger partial charge < -0.3 is 16.0 Å². The standard InChI is InChI=1S/C42H40N6/c1-2-39-44-37-15-9-10-16-38(37)48(39)36-23-21-29(22-24-36)34-25-33(26-35(43)27-34)28-17-19-32(20-18-28)42-46-40(30-11-5-3-6-12-30)45-41(47-42)31-13-7-4-8-14-31/h3-26,35,37-39,42,44H,2,27,43H2,1H3,(H,45,46,47). The van der Waals surface area contributed by atoms with Crippen molar-refractivity contribution in [1.82, 2.24) is 10.6 Å². The van der Waals surface area contributed by atoms with E-state index < -0.39 is 0 Å². The zero-order valence-electron chi connectivity index (χ0n) is 27.1. The first-order valence-electron chi connectivity index (χ1n) is 16.9. The Morgan fingerprint density at radius 3 is 2.19 bits per heavy atom. The first-order valence-corrected chi connectivity index (χ1v) is 16.9. The van der Waals surface area contributed by atoms with Crippen LogP contribution >= 0.6 is 0 Å². The molecule has 0 saturated carbocycles. The zero-order chi connectivity index (χ0) is 32.5. The van der Waals surface area contributed by atoms with Crippen LogP contribution in [0.5, 0.6) is 0 Å². The summed E-state index contributed by atoms with van der Waals surface area (Å²) < 4.78 is 0. The quantitative estimate of drug-likeness (QED) is 0.200. The van der Waals surface area contributed by atoms with Gasteiger partial charge in [0.25, 0.3) is 0 Å². The summed E-state index contributed by atoms with van der Waals surface area (Å²) in [5.41, 5.74) is 15.7. The van der Waals surface area contributed by atoms with Crippen molar-refractivity contribution in [2.75, 3.05) is 4.90 Å². The number of benzene rings is 4. The summed E-state index contributed by atoms with van der Waals surface area (Å²) >= 11 is 0. The van der Waals surface area contributed by atoms with Gasteiger partial charge in [0.1, 0.15) is 12.0 Å². The van der Waals surface area contributed by atoms with Crippen LogP contribution in [0.3, 0.4) is 0 Å². The topological polar surface area (TPSA) is 78.0 Å². The molecular weight excluding hydrogens is 589 g/mol. The third-order valence-electron chi connectivity index (χ3n) is 9.63. The molecule has 4 aromatic carbocycles. The summed E-state index contributed by atoms with van der Waals surface area (Å²) in [5, 5.41) is 7.35. The Balaban J connectivity index is 1.04. The fourth-order valence-electron chi connectivity index (χ4n) is 7.20. The zero-order valence-corrected chi connectivity index (χ0v) is 27.1. The lowest BCUT2D eigenvalue weighted by Crippen LogP contribution is -2.38. The molecule has 0 bridgehead atoms. The molecule has 2 aliphatic carbocycles. The Morgan fingerprint density at radius 1 is 0.771 bits per heavy atom. The molecule has 5 atom stereocenters. The monoisotopic (exact) mass is 628 g/mol. The Hall–Kier alpha value is -5.30. The van der Waals surface area contributed by atoms with Gasteiger partial charge in [-0.1, -0.05) is 140 Å². The second-order valence-electron chi connectivity index (χ2n) is 12.8. The highest BCUT2D eigenvalue weighted by Gasteiger charge is 2.37. The van der Waals surface area contributed by atoms with Gasteiger partial charge in [0.05, 0.1) is 18.2 Å². The maximum atomic E-state index is 6.63. The van der Waals surface area contributed by atoms with Crippen molar-refractivity contribution < 1.29 is 0 Å². The number of amidine groups is 2. The van der Waals surface area contributed by atoms with E-state index in [2.05, 4.69) is 132 Å². The molecule has 2 heterocycles. The predicted molar refractivity (Wildman–Crippen MR) is 199 cm³/mol. The summed E-state index contributed by atoms with van der Waals surface area (Å²) in [7, 11) is 0. The van der Waals surface area contributed by atoms with Crippen molar-refractivity contribution in [3.63, 3.8) is 0 Å². The molecular formula is C42H40N6. The molecule has 0 amide bonds. The molecule has 6 heteroatoms. The summed E-state index contributed by atoms with van der Waals surface area (Å²) in [6.07, 6.45) is 15.3. The van der Waals surface area contributed by atoms with Crippen LogP contribution in [-0.4, -0.2) is 36.0 Å². The highest BCUT2D eigenvalue weighted by molar-refractivity contribution is 6.13. The van der Waals surface area contributed by atoms with Crippen molar-refractivity contribution in [2.24, 2.45) is 15.7 Å². The summed E-state index contributed by atoms with van der Waals surface area (Å²) in [6.45, 7) is 2.25. The number of nitrogens with one attached hydrogen (secondary N) is 2. The first-order chi connectivity index (χ1) is 23.6. The predicted octanol–water partition coefficient (Wildman–Crippen LogP) is 7.39. The van der Waals surface area contributed by atoms with E-state index in [1.165, 1.54) is 16.8 Å². The number of fused-ring (bicyclic) bond motifs is 1. The molecule has 8 rings (SSSR count). The molecule has 6 nitrogen and oxygen atoms in total. The van der Waals surface area contributed by atoms with Crippen LogP contribution in [0, 0.1) is 0 Å². The van der Waals surface area contributed by atoms with Crippen LogP contribution in [0.4, 0.5) is 5.69 Å². The van der Waals surface area contributed by atoms with E-state index in [1.807, 2.05) is 36.4 Å². The molecule has 48 heavy (non-hydrogen) atoms. The Morgan fingerprint density at radius 2 is 1.46 bits per heavy atom. The van der Waals surface area contributed by atoms with Gasteiger partial charge in [0, 0.05) is 22.9 Å². The van der Waals surface area contributed by atoms with Crippen LogP contribution in [0.2, 0.25) is 0 Å². The lowest BCUT2D eigenvalue weighted by molar-refractivity contribution is 0.563. The van der Waals surface area contributed by atoms with E-state index >= 15 is 0 Å².